The molecule has 1 atom stereocenters. The molecule has 1 aliphatic rings. The first-order chi connectivity index (χ1) is 15.2. The van der Waals surface area contributed by atoms with E-state index < -0.39 is 0 Å². The molecule has 8 nitrogen and oxygen atoms in total. The number of hydrogen-bond acceptors (Lipinski definition) is 6. The van der Waals surface area contributed by atoms with E-state index in [1.165, 1.54) is 4.80 Å². The zero-order chi connectivity index (χ0) is 21.6. The minimum atomic E-state index is -0.230. The third-order valence-electron chi connectivity index (χ3n) is 5.43. The van der Waals surface area contributed by atoms with Gasteiger partial charge in [-0.15, -0.1) is 5.10 Å². The molecule has 0 radical (unpaired) electrons. The third kappa shape index (κ3) is 4.92. The summed E-state index contributed by atoms with van der Waals surface area (Å²) >= 11 is 0. The van der Waals surface area contributed by atoms with Gasteiger partial charge in [-0.25, -0.2) is 0 Å². The van der Waals surface area contributed by atoms with Crippen molar-refractivity contribution in [2.24, 2.45) is 0 Å². The van der Waals surface area contributed by atoms with Crippen LogP contribution >= 0.6 is 0 Å². The number of morpholine rings is 1. The van der Waals surface area contributed by atoms with Crippen LogP contribution < -0.4 is 10.1 Å². The lowest BCUT2D eigenvalue weighted by molar-refractivity contribution is 0.0162. The summed E-state index contributed by atoms with van der Waals surface area (Å²) in [5, 5.41) is 11.9. The van der Waals surface area contributed by atoms with E-state index in [1.54, 1.807) is 14.0 Å². The van der Waals surface area contributed by atoms with Gasteiger partial charge in [0, 0.05) is 19.6 Å². The maximum Gasteiger partial charge on any atom is 0.273 e. The fraction of sp³-hybridized carbons (Fsp3) is 0.348. The smallest absolute Gasteiger partial charge is 0.273 e. The maximum absolute atomic E-state index is 12.9. The van der Waals surface area contributed by atoms with Crippen LogP contribution in [0.5, 0.6) is 5.75 Å². The van der Waals surface area contributed by atoms with Crippen molar-refractivity contribution < 1.29 is 14.3 Å². The van der Waals surface area contributed by atoms with Crippen molar-refractivity contribution in [3.05, 3.63) is 71.5 Å². The summed E-state index contributed by atoms with van der Waals surface area (Å²) in [6, 6.07) is 17.6. The first-order valence-electron chi connectivity index (χ1n) is 10.4. The maximum atomic E-state index is 12.9. The summed E-state index contributed by atoms with van der Waals surface area (Å²) in [6.07, 6.45) is 0. The Morgan fingerprint density at radius 3 is 2.48 bits per heavy atom. The molecule has 0 bridgehead atoms. The van der Waals surface area contributed by atoms with Gasteiger partial charge in [-0.05, 0) is 36.8 Å². The number of aromatic nitrogens is 3. The second kappa shape index (κ2) is 9.72. The van der Waals surface area contributed by atoms with Crippen LogP contribution in [0.3, 0.4) is 0 Å². The molecule has 1 saturated heterocycles. The zero-order valence-corrected chi connectivity index (χ0v) is 17.8. The van der Waals surface area contributed by atoms with Gasteiger partial charge in [0.15, 0.2) is 5.69 Å². The summed E-state index contributed by atoms with van der Waals surface area (Å²) in [5.74, 6) is 0.577. The van der Waals surface area contributed by atoms with Gasteiger partial charge in [0.2, 0.25) is 0 Å². The van der Waals surface area contributed by atoms with Crippen molar-refractivity contribution in [1.82, 2.24) is 25.2 Å². The summed E-state index contributed by atoms with van der Waals surface area (Å²) in [6.45, 7) is 5.26. The molecule has 31 heavy (non-hydrogen) atoms. The average Bonchev–Trinajstić information content (AvgIpc) is 3.22. The van der Waals surface area contributed by atoms with Crippen LogP contribution in [0.25, 0.3) is 5.69 Å². The van der Waals surface area contributed by atoms with Crippen LogP contribution in [0.15, 0.2) is 54.6 Å². The number of amides is 1. The van der Waals surface area contributed by atoms with E-state index in [4.69, 9.17) is 9.47 Å². The predicted molar refractivity (Wildman–Crippen MR) is 117 cm³/mol. The quantitative estimate of drug-likeness (QED) is 0.631. The Balaban J connectivity index is 1.50. The number of aryl methyl sites for hydroxylation is 1. The van der Waals surface area contributed by atoms with Gasteiger partial charge in [-0.2, -0.15) is 9.90 Å². The highest BCUT2D eigenvalue weighted by atomic mass is 16.5. The molecule has 0 aliphatic carbocycles. The van der Waals surface area contributed by atoms with Gasteiger partial charge < -0.3 is 14.8 Å². The minimum absolute atomic E-state index is 0.0308. The molecule has 1 fully saturated rings. The summed E-state index contributed by atoms with van der Waals surface area (Å²) in [5.41, 5.74) is 2.86. The lowest BCUT2D eigenvalue weighted by atomic mass is 10.0. The average molecular weight is 422 g/mol. The Morgan fingerprint density at radius 1 is 1.10 bits per heavy atom. The van der Waals surface area contributed by atoms with Crippen LogP contribution in [0.1, 0.15) is 27.8 Å². The fourth-order valence-electron chi connectivity index (χ4n) is 3.71. The Labute approximate surface area is 181 Å². The Kier molecular flexibility index (Phi) is 6.59. The summed E-state index contributed by atoms with van der Waals surface area (Å²) in [7, 11) is 1.65. The standard InChI is InChI=1S/C23H27N5O3/c1-17-22(26-28(25-17)19-6-4-3-5-7-19)23(29)24-16-21(27-12-14-31-15-13-27)18-8-10-20(30-2)11-9-18/h3-11,21H,12-16H2,1-2H3,(H,24,29). The monoisotopic (exact) mass is 421 g/mol. The number of carbonyl (C=O) groups excluding carboxylic acids is 1. The van der Waals surface area contributed by atoms with E-state index in [0.29, 0.717) is 31.1 Å². The van der Waals surface area contributed by atoms with E-state index in [1.807, 2.05) is 54.6 Å². The van der Waals surface area contributed by atoms with E-state index in [-0.39, 0.29) is 11.9 Å². The normalized spacial score (nSPS) is 15.4. The molecular weight excluding hydrogens is 394 g/mol. The first-order valence-corrected chi connectivity index (χ1v) is 10.4. The second-order valence-electron chi connectivity index (χ2n) is 7.41. The Bertz CT molecular complexity index is 998. The highest BCUT2D eigenvalue weighted by Crippen LogP contribution is 2.24. The molecule has 1 aromatic heterocycles. The van der Waals surface area contributed by atoms with Gasteiger partial charge in [0.25, 0.3) is 5.91 Å². The highest BCUT2D eigenvalue weighted by Gasteiger charge is 2.25. The Hall–Kier alpha value is -3.23. The lowest BCUT2D eigenvalue weighted by Crippen LogP contribution is -2.44. The predicted octanol–water partition coefficient (Wildman–Crippen LogP) is 2.39. The molecule has 2 aromatic carbocycles. The van der Waals surface area contributed by atoms with Crippen molar-refractivity contribution in [3.63, 3.8) is 0 Å². The van der Waals surface area contributed by atoms with Crippen LogP contribution in [0, 0.1) is 6.92 Å². The number of ether oxygens (including phenoxy) is 2. The van der Waals surface area contributed by atoms with Crippen molar-refractivity contribution in [2.45, 2.75) is 13.0 Å². The van der Waals surface area contributed by atoms with Gasteiger partial charge >= 0.3 is 0 Å². The van der Waals surface area contributed by atoms with E-state index in [2.05, 4.69) is 20.4 Å². The molecule has 0 saturated carbocycles. The topological polar surface area (TPSA) is 81.5 Å². The summed E-state index contributed by atoms with van der Waals surface area (Å²) in [4.78, 5) is 16.8. The number of hydrogen-bond donors (Lipinski definition) is 1. The lowest BCUT2D eigenvalue weighted by Gasteiger charge is -2.35. The van der Waals surface area contributed by atoms with Crippen LogP contribution in [0.4, 0.5) is 0 Å². The third-order valence-corrected chi connectivity index (χ3v) is 5.43. The molecule has 8 heteroatoms. The fourth-order valence-corrected chi connectivity index (χ4v) is 3.71. The van der Waals surface area contributed by atoms with Crippen molar-refractivity contribution in [2.75, 3.05) is 40.0 Å². The summed E-state index contributed by atoms with van der Waals surface area (Å²) < 4.78 is 10.8. The van der Waals surface area contributed by atoms with Gasteiger partial charge in [-0.3, -0.25) is 9.69 Å². The van der Waals surface area contributed by atoms with E-state index >= 15 is 0 Å². The highest BCUT2D eigenvalue weighted by molar-refractivity contribution is 5.93. The van der Waals surface area contributed by atoms with Gasteiger partial charge in [-0.1, -0.05) is 30.3 Å². The van der Waals surface area contributed by atoms with E-state index in [0.717, 1.165) is 30.1 Å². The van der Waals surface area contributed by atoms with Crippen LogP contribution in [-0.4, -0.2) is 65.8 Å². The Morgan fingerprint density at radius 2 is 1.81 bits per heavy atom. The van der Waals surface area contributed by atoms with Crippen molar-refractivity contribution in [1.29, 1.82) is 0 Å². The number of carbonyl (C=O) groups is 1. The number of nitrogens with one attached hydrogen (secondary N) is 1. The van der Waals surface area contributed by atoms with Crippen molar-refractivity contribution >= 4 is 5.91 Å². The number of para-hydroxylation sites is 1. The molecule has 1 unspecified atom stereocenters. The molecular formula is C23H27N5O3. The van der Waals surface area contributed by atoms with E-state index in [9.17, 15) is 4.79 Å². The minimum Gasteiger partial charge on any atom is -0.497 e. The largest absolute Gasteiger partial charge is 0.497 e. The number of nitrogens with zero attached hydrogens (tertiary/aromatic N) is 4. The molecule has 1 amide bonds. The first kappa shape index (κ1) is 21.0. The van der Waals surface area contributed by atoms with Gasteiger partial charge in [0.05, 0.1) is 37.7 Å². The molecule has 0 spiro atoms. The molecule has 162 valence electrons. The van der Waals surface area contributed by atoms with Crippen LogP contribution in [0.2, 0.25) is 0 Å². The van der Waals surface area contributed by atoms with Crippen molar-refractivity contribution in [3.8, 4) is 11.4 Å². The molecule has 4 rings (SSSR count). The molecule has 1 N–H and O–H groups in total. The molecule has 1 aliphatic heterocycles. The SMILES string of the molecule is COc1ccc(C(CNC(=O)c2nn(-c3ccccc3)nc2C)N2CCOCC2)cc1. The number of benzene rings is 2. The number of methoxy groups -OCH3 is 1. The van der Waals surface area contributed by atoms with Crippen LogP contribution in [-0.2, 0) is 4.74 Å². The van der Waals surface area contributed by atoms with Gasteiger partial charge in [0.1, 0.15) is 5.75 Å². The number of rotatable bonds is 7. The molecule has 2 heterocycles. The zero-order valence-electron chi connectivity index (χ0n) is 17.8. The second-order valence-corrected chi connectivity index (χ2v) is 7.41. The molecule has 3 aromatic rings.